The second kappa shape index (κ2) is 7.37. The third-order valence-electron chi connectivity index (χ3n) is 6.04. The summed E-state index contributed by atoms with van der Waals surface area (Å²) in [6, 6.07) is 0. The Hall–Kier alpha value is -1.92. The minimum atomic E-state index is 0.0911. The van der Waals surface area contributed by atoms with E-state index in [2.05, 4.69) is 10.1 Å². The van der Waals surface area contributed by atoms with Crippen LogP contribution in [0.25, 0.3) is 0 Å². The first-order chi connectivity index (χ1) is 12.6. The molecule has 0 unspecified atom stereocenters. The highest BCUT2D eigenvalue weighted by Crippen LogP contribution is 2.33. The molecule has 0 aromatic carbocycles. The Labute approximate surface area is 154 Å². The summed E-state index contributed by atoms with van der Waals surface area (Å²) in [5.74, 6) is 2.87. The predicted molar refractivity (Wildman–Crippen MR) is 94.1 cm³/mol. The lowest BCUT2D eigenvalue weighted by Gasteiger charge is -2.37. The van der Waals surface area contributed by atoms with Crippen molar-refractivity contribution in [1.29, 1.82) is 0 Å². The molecule has 2 saturated heterocycles. The van der Waals surface area contributed by atoms with E-state index in [-0.39, 0.29) is 17.7 Å². The summed E-state index contributed by atoms with van der Waals surface area (Å²) in [4.78, 5) is 33.2. The highest BCUT2D eigenvalue weighted by Gasteiger charge is 2.37. The zero-order valence-corrected chi connectivity index (χ0v) is 15.5. The molecule has 0 spiro atoms. The summed E-state index contributed by atoms with van der Waals surface area (Å²) in [6.45, 7) is 4.96. The van der Waals surface area contributed by atoms with Crippen molar-refractivity contribution >= 4 is 11.8 Å². The van der Waals surface area contributed by atoms with Crippen LogP contribution in [-0.2, 0) is 16.0 Å². The van der Waals surface area contributed by atoms with Crippen LogP contribution in [0.5, 0.6) is 0 Å². The molecule has 7 nitrogen and oxygen atoms in total. The highest BCUT2D eigenvalue weighted by atomic mass is 16.5. The quantitative estimate of drug-likeness (QED) is 0.818. The van der Waals surface area contributed by atoms with Crippen LogP contribution in [0.3, 0.4) is 0 Å². The maximum Gasteiger partial charge on any atom is 0.226 e. The van der Waals surface area contributed by atoms with Gasteiger partial charge in [-0.05, 0) is 51.4 Å². The smallest absolute Gasteiger partial charge is 0.226 e. The van der Waals surface area contributed by atoms with Gasteiger partial charge in [-0.25, -0.2) is 0 Å². The van der Waals surface area contributed by atoms with Gasteiger partial charge in [0.25, 0.3) is 0 Å². The first kappa shape index (κ1) is 17.5. The van der Waals surface area contributed by atoms with E-state index < -0.39 is 0 Å². The minimum absolute atomic E-state index is 0.0911. The fourth-order valence-corrected chi connectivity index (χ4v) is 4.22. The monoisotopic (exact) mass is 360 g/mol. The number of amides is 2. The van der Waals surface area contributed by atoms with Crippen molar-refractivity contribution in [2.24, 2.45) is 17.8 Å². The fraction of sp³-hybridized carbons (Fsp3) is 0.789. The maximum atomic E-state index is 12.8. The molecule has 0 radical (unpaired) electrons. The molecule has 0 atom stereocenters. The first-order valence-corrected chi connectivity index (χ1v) is 9.97. The molecule has 0 N–H and O–H groups in total. The lowest BCUT2D eigenvalue weighted by Crippen LogP contribution is -2.47. The predicted octanol–water partition coefficient (Wildman–Crippen LogP) is 1.81. The fourth-order valence-electron chi connectivity index (χ4n) is 4.22. The zero-order valence-electron chi connectivity index (χ0n) is 15.5. The van der Waals surface area contributed by atoms with E-state index in [9.17, 15) is 9.59 Å². The number of aryl methyl sites for hydroxylation is 1. The molecule has 3 fully saturated rings. The Morgan fingerprint density at radius 3 is 1.96 bits per heavy atom. The number of carbonyl (C=O) groups excluding carboxylic acids is 2. The number of piperidine rings is 2. The molecular formula is C19H28N4O3. The molecule has 7 heteroatoms. The molecule has 26 heavy (non-hydrogen) atoms. The third-order valence-corrected chi connectivity index (χ3v) is 6.04. The van der Waals surface area contributed by atoms with Crippen LogP contribution in [0.2, 0.25) is 0 Å². The second-order valence-corrected chi connectivity index (χ2v) is 8.08. The van der Waals surface area contributed by atoms with Crippen molar-refractivity contribution in [3.05, 3.63) is 11.7 Å². The van der Waals surface area contributed by atoms with Crippen molar-refractivity contribution in [3.63, 3.8) is 0 Å². The van der Waals surface area contributed by atoms with Crippen LogP contribution >= 0.6 is 0 Å². The number of likely N-dealkylation sites (tertiary alicyclic amines) is 2. The Kier molecular flexibility index (Phi) is 4.96. The van der Waals surface area contributed by atoms with Gasteiger partial charge in [0.05, 0.1) is 0 Å². The number of hydrogen-bond donors (Lipinski definition) is 0. The molecule has 0 bridgehead atoms. The molecule has 1 aromatic heterocycles. The summed E-state index contributed by atoms with van der Waals surface area (Å²) in [7, 11) is 0. The van der Waals surface area contributed by atoms with Crippen molar-refractivity contribution in [1.82, 2.24) is 19.9 Å². The van der Waals surface area contributed by atoms with Gasteiger partial charge in [0, 0.05) is 44.4 Å². The van der Waals surface area contributed by atoms with Crippen molar-refractivity contribution in [2.75, 3.05) is 26.2 Å². The van der Waals surface area contributed by atoms with E-state index in [1.165, 1.54) is 0 Å². The molecule has 2 aliphatic heterocycles. The van der Waals surface area contributed by atoms with Gasteiger partial charge in [-0.15, -0.1) is 0 Å². The van der Waals surface area contributed by atoms with Crippen LogP contribution in [-0.4, -0.2) is 57.9 Å². The third kappa shape index (κ3) is 3.91. The number of rotatable bonds is 4. The molecule has 3 heterocycles. The molecule has 4 rings (SSSR count). The number of hydrogen-bond acceptors (Lipinski definition) is 5. The summed E-state index contributed by atoms with van der Waals surface area (Å²) in [5.41, 5.74) is 0. The normalized spacial score (nSPS) is 22.7. The van der Waals surface area contributed by atoms with Gasteiger partial charge in [0.15, 0.2) is 5.82 Å². The maximum absolute atomic E-state index is 12.8. The van der Waals surface area contributed by atoms with E-state index in [1.807, 2.05) is 16.7 Å². The highest BCUT2D eigenvalue weighted by molar-refractivity contribution is 5.82. The number of aromatic nitrogens is 2. The average molecular weight is 360 g/mol. The lowest BCUT2D eigenvalue weighted by atomic mass is 9.90. The largest absolute Gasteiger partial charge is 0.342 e. The molecule has 3 aliphatic rings. The molecule has 1 saturated carbocycles. The van der Waals surface area contributed by atoms with Crippen LogP contribution in [0.1, 0.15) is 50.2 Å². The van der Waals surface area contributed by atoms with Crippen LogP contribution in [0.4, 0.5) is 0 Å². The Morgan fingerprint density at radius 2 is 1.46 bits per heavy atom. The summed E-state index contributed by atoms with van der Waals surface area (Å²) >= 11 is 0. The van der Waals surface area contributed by atoms with Crippen LogP contribution in [0.15, 0.2) is 4.52 Å². The van der Waals surface area contributed by atoms with Crippen LogP contribution in [0, 0.1) is 24.7 Å². The minimum Gasteiger partial charge on any atom is -0.342 e. The van der Waals surface area contributed by atoms with E-state index in [0.29, 0.717) is 23.5 Å². The second-order valence-electron chi connectivity index (χ2n) is 8.08. The van der Waals surface area contributed by atoms with Gasteiger partial charge in [0.1, 0.15) is 0 Å². The Balaban J connectivity index is 1.22. The zero-order chi connectivity index (χ0) is 18.1. The van der Waals surface area contributed by atoms with Crippen molar-refractivity contribution in [3.8, 4) is 0 Å². The molecule has 2 amide bonds. The summed E-state index contributed by atoms with van der Waals surface area (Å²) in [6.07, 6.45) is 6.53. The molecular weight excluding hydrogens is 332 g/mol. The van der Waals surface area contributed by atoms with Gasteiger partial charge in [-0.1, -0.05) is 5.16 Å². The Morgan fingerprint density at radius 1 is 0.923 bits per heavy atom. The van der Waals surface area contributed by atoms with Crippen molar-refractivity contribution < 1.29 is 14.1 Å². The Bertz CT molecular complexity index is 653. The summed E-state index contributed by atoms with van der Waals surface area (Å²) < 4.78 is 5.21. The standard InChI is InChI=1S/C19H28N4O3/c1-13-20-17(26-21-13)12-14-4-8-22(9-5-14)19(25)16-6-10-23(11-7-16)18(24)15-2-3-15/h14-16H,2-12H2,1H3. The SMILES string of the molecule is Cc1noc(CC2CCN(C(=O)C3CCN(C(=O)C4CC4)CC3)CC2)n1. The first-order valence-electron chi connectivity index (χ1n) is 9.97. The van der Waals surface area contributed by atoms with Crippen molar-refractivity contribution in [2.45, 2.75) is 51.9 Å². The van der Waals surface area contributed by atoms with E-state index >= 15 is 0 Å². The lowest BCUT2D eigenvalue weighted by molar-refractivity contribution is -0.142. The van der Waals surface area contributed by atoms with E-state index in [0.717, 1.165) is 71.1 Å². The van der Waals surface area contributed by atoms with Gasteiger partial charge >= 0.3 is 0 Å². The molecule has 1 aromatic rings. The van der Waals surface area contributed by atoms with Gasteiger partial charge in [-0.3, -0.25) is 9.59 Å². The van der Waals surface area contributed by atoms with E-state index in [4.69, 9.17) is 4.52 Å². The topological polar surface area (TPSA) is 79.5 Å². The summed E-state index contributed by atoms with van der Waals surface area (Å²) in [5, 5.41) is 3.84. The van der Waals surface area contributed by atoms with Crippen LogP contribution < -0.4 is 0 Å². The number of nitrogens with zero attached hydrogens (tertiary/aromatic N) is 4. The van der Waals surface area contributed by atoms with Gasteiger partial charge < -0.3 is 14.3 Å². The van der Waals surface area contributed by atoms with E-state index in [1.54, 1.807) is 0 Å². The number of carbonyl (C=O) groups is 2. The molecule has 1 aliphatic carbocycles. The molecule has 142 valence electrons. The van der Waals surface area contributed by atoms with Gasteiger partial charge in [0.2, 0.25) is 17.7 Å². The van der Waals surface area contributed by atoms with Gasteiger partial charge in [-0.2, -0.15) is 4.98 Å². The average Bonchev–Trinajstić information content (AvgIpc) is 3.44.